The molecule has 1 unspecified atom stereocenters. The Balaban J connectivity index is 1.33. The van der Waals surface area contributed by atoms with Gasteiger partial charge in [0.1, 0.15) is 0 Å². The first kappa shape index (κ1) is 25.3. The normalized spacial score (nSPS) is 12.5. The van der Waals surface area contributed by atoms with Crippen LogP contribution in [0.1, 0.15) is 36.0 Å². The molecule has 0 saturated carbocycles. The number of benzene rings is 6. The summed E-state index contributed by atoms with van der Waals surface area (Å²) in [7, 11) is 0. The molecule has 0 fully saturated rings. The van der Waals surface area contributed by atoms with E-state index in [9.17, 15) is 0 Å². The average molecular weight is 517 g/mol. The van der Waals surface area contributed by atoms with Gasteiger partial charge >= 0.3 is 0 Å². The molecule has 2 heteroatoms. The van der Waals surface area contributed by atoms with Gasteiger partial charge in [0.25, 0.3) is 0 Å². The lowest BCUT2D eigenvalue weighted by Gasteiger charge is -2.16. The van der Waals surface area contributed by atoms with Crippen molar-refractivity contribution in [3.8, 4) is 11.1 Å². The number of hydrogen-bond acceptors (Lipinski definition) is 2. The number of nitrogens with zero attached hydrogens (tertiary/aromatic N) is 1. The molecule has 40 heavy (non-hydrogen) atoms. The van der Waals surface area contributed by atoms with Crippen LogP contribution < -0.4 is 5.73 Å². The summed E-state index contributed by atoms with van der Waals surface area (Å²) in [4.78, 5) is 5.17. The summed E-state index contributed by atoms with van der Waals surface area (Å²) in [5, 5.41) is 4.97. The Morgan fingerprint density at radius 3 is 1.80 bits per heavy atom. The zero-order chi connectivity index (χ0) is 27.5. The van der Waals surface area contributed by atoms with Crippen molar-refractivity contribution in [1.29, 1.82) is 0 Å². The first-order valence-corrected chi connectivity index (χ1v) is 13.7. The number of rotatable bonds is 7. The second kappa shape index (κ2) is 11.0. The molecule has 0 aromatic heterocycles. The second-order valence-electron chi connectivity index (χ2n) is 10.5. The van der Waals surface area contributed by atoms with Crippen LogP contribution >= 0.6 is 0 Å². The van der Waals surface area contributed by atoms with Gasteiger partial charge in [0.05, 0.1) is 5.70 Å². The second-order valence-corrected chi connectivity index (χ2v) is 10.5. The van der Waals surface area contributed by atoms with Crippen molar-refractivity contribution in [1.82, 2.24) is 0 Å². The molecular formula is C38H32N2. The molecule has 6 aromatic rings. The molecule has 194 valence electrons. The van der Waals surface area contributed by atoms with Gasteiger partial charge in [-0.15, -0.1) is 0 Å². The molecule has 0 spiro atoms. The molecule has 0 aliphatic rings. The Morgan fingerprint density at radius 2 is 1.15 bits per heavy atom. The van der Waals surface area contributed by atoms with E-state index in [0.29, 0.717) is 0 Å². The zero-order valence-electron chi connectivity index (χ0n) is 22.7. The molecular weight excluding hydrogens is 484 g/mol. The Hall–Kier alpha value is -4.95. The standard InChI is InChI=1S/C38H32N2/c1-26(33-17-15-29-7-3-5-9-34(29)24-33)23-38(36-18-16-30-8-4-6-10-35(30)25-36)40-27(2)28-11-13-31(14-12-28)32-19-21-37(39)22-20-32/h3-22,24-26H,2,23,39H2,1H3. The number of aliphatic imine (C=N–C) groups is 1. The highest BCUT2D eigenvalue weighted by Crippen LogP contribution is 2.29. The highest BCUT2D eigenvalue weighted by Gasteiger charge is 2.14. The van der Waals surface area contributed by atoms with E-state index in [2.05, 4.69) is 123 Å². The average Bonchev–Trinajstić information content (AvgIpc) is 3.00. The van der Waals surface area contributed by atoms with E-state index in [1.54, 1.807) is 0 Å². The van der Waals surface area contributed by atoms with Crippen LogP contribution in [0.25, 0.3) is 38.4 Å². The van der Waals surface area contributed by atoms with Gasteiger partial charge in [0.15, 0.2) is 0 Å². The van der Waals surface area contributed by atoms with Crippen LogP contribution in [0.4, 0.5) is 5.69 Å². The smallest absolute Gasteiger partial charge is 0.0633 e. The molecule has 0 heterocycles. The number of fused-ring (bicyclic) bond motifs is 2. The fourth-order valence-corrected chi connectivity index (χ4v) is 5.28. The third-order valence-corrected chi connectivity index (χ3v) is 7.66. The molecule has 2 nitrogen and oxygen atoms in total. The summed E-state index contributed by atoms with van der Waals surface area (Å²) < 4.78 is 0. The van der Waals surface area contributed by atoms with Crippen LogP contribution in [0.2, 0.25) is 0 Å². The summed E-state index contributed by atoms with van der Waals surface area (Å²) in [5.41, 5.74) is 14.2. The minimum absolute atomic E-state index is 0.288. The lowest BCUT2D eigenvalue weighted by atomic mass is 9.90. The highest BCUT2D eigenvalue weighted by atomic mass is 14.8. The SMILES string of the molecule is C=C(N=C(CC(C)c1ccc2ccccc2c1)c1ccc2ccccc2c1)c1ccc(-c2ccc(N)cc2)cc1. The van der Waals surface area contributed by atoms with Crippen LogP contribution in [-0.4, -0.2) is 5.71 Å². The predicted molar refractivity (Wildman–Crippen MR) is 173 cm³/mol. The summed E-state index contributed by atoms with van der Waals surface area (Å²) in [5.74, 6) is 0.288. The van der Waals surface area contributed by atoms with Gasteiger partial charge in [-0.2, -0.15) is 0 Å². The Kier molecular flexibility index (Phi) is 6.99. The summed E-state index contributed by atoms with van der Waals surface area (Å²) in [6.07, 6.45) is 0.805. The fourth-order valence-electron chi connectivity index (χ4n) is 5.28. The number of anilines is 1. The van der Waals surface area contributed by atoms with E-state index in [1.165, 1.54) is 27.1 Å². The number of nitrogen functional groups attached to an aromatic ring is 1. The molecule has 6 aromatic carbocycles. The predicted octanol–water partition coefficient (Wildman–Crippen LogP) is 9.90. The monoisotopic (exact) mass is 516 g/mol. The third kappa shape index (κ3) is 5.43. The summed E-state index contributed by atoms with van der Waals surface area (Å²) >= 11 is 0. The lowest BCUT2D eigenvalue weighted by Crippen LogP contribution is -2.07. The van der Waals surface area contributed by atoms with E-state index < -0.39 is 0 Å². The Morgan fingerprint density at radius 1 is 0.625 bits per heavy atom. The van der Waals surface area contributed by atoms with Crippen LogP contribution in [0.5, 0.6) is 0 Å². The van der Waals surface area contributed by atoms with Crippen LogP contribution in [0.3, 0.4) is 0 Å². The van der Waals surface area contributed by atoms with Gasteiger partial charge in [-0.3, -0.25) is 4.99 Å². The van der Waals surface area contributed by atoms with Gasteiger partial charge in [-0.05, 0) is 79.9 Å². The van der Waals surface area contributed by atoms with Crippen molar-refractivity contribution < 1.29 is 0 Å². The van der Waals surface area contributed by atoms with E-state index in [4.69, 9.17) is 10.7 Å². The molecule has 2 N–H and O–H groups in total. The largest absolute Gasteiger partial charge is 0.399 e. The van der Waals surface area contributed by atoms with Gasteiger partial charge in [0.2, 0.25) is 0 Å². The summed E-state index contributed by atoms with van der Waals surface area (Å²) in [6, 6.07) is 46.8. The zero-order valence-corrected chi connectivity index (χ0v) is 22.7. The van der Waals surface area contributed by atoms with Gasteiger partial charge < -0.3 is 5.73 Å². The third-order valence-electron chi connectivity index (χ3n) is 7.66. The molecule has 6 rings (SSSR count). The lowest BCUT2D eigenvalue weighted by molar-refractivity contribution is 0.806. The quantitative estimate of drug-likeness (QED) is 0.166. The van der Waals surface area contributed by atoms with Gasteiger partial charge in [-0.1, -0.05) is 129 Å². The van der Waals surface area contributed by atoms with Crippen molar-refractivity contribution in [2.24, 2.45) is 4.99 Å². The molecule has 0 aliphatic carbocycles. The highest BCUT2D eigenvalue weighted by molar-refractivity contribution is 6.06. The maximum Gasteiger partial charge on any atom is 0.0633 e. The van der Waals surface area contributed by atoms with Crippen molar-refractivity contribution in [2.75, 3.05) is 5.73 Å². The van der Waals surface area contributed by atoms with Crippen LogP contribution in [0, 0.1) is 0 Å². The Bertz CT molecular complexity index is 1840. The maximum absolute atomic E-state index is 5.86. The number of hydrogen-bond donors (Lipinski definition) is 1. The first-order chi connectivity index (χ1) is 19.5. The topological polar surface area (TPSA) is 38.4 Å². The molecule has 1 atom stereocenters. The van der Waals surface area contributed by atoms with Gasteiger partial charge in [0, 0.05) is 11.4 Å². The summed E-state index contributed by atoms with van der Waals surface area (Å²) in [6.45, 7) is 6.67. The van der Waals surface area contributed by atoms with Crippen molar-refractivity contribution >= 4 is 38.6 Å². The van der Waals surface area contributed by atoms with Crippen molar-refractivity contribution in [3.05, 3.63) is 157 Å². The van der Waals surface area contributed by atoms with E-state index in [0.717, 1.165) is 45.8 Å². The van der Waals surface area contributed by atoms with Crippen molar-refractivity contribution in [2.45, 2.75) is 19.3 Å². The fraction of sp³-hybridized carbons (Fsp3) is 0.0789. The van der Waals surface area contributed by atoms with E-state index in [-0.39, 0.29) is 5.92 Å². The Labute approximate surface area is 236 Å². The van der Waals surface area contributed by atoms with Crippen LogP contribution in [0.15, 0.2) is 145 Å². The first-order valence-electron chi connectivity index (χ1n) is 13.7. The van der Waals surface area contributed by atoms with E-state index in [1.807, 2.05) is 24.3 Å². The van der Waals surface area contributed by atoms with Gasteiger partial charge in [-0.25, -0.2) is 0 Å². The minimum atomic E-state index is 0.288. The molecule has 0 amide bonds. The van der Waals surface area contributed by atoms with Crippen LogP contribution in [-0.2, 0) is 0 Å². The molecule has 0 aliphatic heterocycles. The van der Waals surface area contributed by atoms with E-state index >= 15 is 0 Å². The number of nitrogens with two attached hydrogens (primary N) is 1. The molecule has 0 bridgehead atoms. The molecule has 0 saturated heterocycles. The maximum atomic E-state index is 5.86. The minimum Gasteiger partial charge on any atom is -0.399 e. The molecule has 0 radical (unpaired) electrons. The van der Waals surface area contributed by atoms with Crippen molar-refractivity contribution in [3.63, 3.8) is 0 Å².